The molecule has 4 nitrogen and oxygen atoms in total. The summed E-state index contributed by atoms with van der Waals surface area (Å²) in [5.41, 5.74) is 1.82. The molecule has 0 aliphatic heterocycles. The smallest absolute Gasteiger partial charge is 0.166 e. The average molecular weight is 264 g/mol. The van der Waals surface area contributed by atoms with Gasteiger partial charge in [0.1, 0.15) is 11.5 Å². The number of fused-ring (bicyclic) bond motifs is 1. The Hall–Kier alpha value is -1.49. The number of H-pyrrole nitrogens is 1. The maximum Gasteiger partial charge on any atom is 0.166 e. The van der Waals surface area contributed by atoms with Crippen LogP contribution in [0.5, 0.6) is 5.75 Å². The van der Waals surface area contributed by atoms with Crippen molar-refractivity contribution in [1.82, 2.24) is 9.97 Å². The van der Waals surface area contributed by atoms with E-state index in [1.165, 1.54) is 11.8 Å². The number of thioether (sulfide) groups is 1. The molecule has 0 radical (unpaired) electrons. The number of methoxy groups -OCH3 is 1. The van der Waals surface area contributed by atoms with Crippen LogP contribution in [0, 0.1) is 0 Å². The Balaban J connectivity index is 2.08. The Kier molecular flexibility index (Phi) is 4.25. The maximum absolute atomic E-state index is 11.4. The van der Waals surface area contributed by atoms with Gasteiger partial charge in [-0.25, -0.2) is 4.98 Å². The van der Waals surface area contributed by atoms with Crippen LogP contribution in [0.2, 0.25) is 0 Å². The third kappa shape index (κ3) is 3.04. The lowest BCUT2D eigenvalue weighted by Crippen LogP contribution is -2.00. The molecule has 0 fully saturated rings. The van der Waals surface area contributed by atoms with Gasteiger partial charge in [-0.3, -0.25) is 4.79 Å². The molecular weight excluding hydrogens is 248 g/mol. The van der Waals surface area contributed by atoms with Crippen LogP contribution in [0.1, 0.15) is 19.8 Å². The first-order valence-electron chi connectivity index (χ1n) is 5.91. The van der Waals surface area contributed by atoms with Gasteiger partial charge >= 0.3 is 0 Å². The van der Waals surface area contributed by atoms with Crippen molar-refractivity contribution < 1.29 is 9.53 Å². The van der Waals surface area contributed by atoms with Crippen LogP contribution < -0.4 is 4.74 Å². The molecule has 0 saturated heterocycles. The number of nitrogens with one attached hydrogen (secondary N) is 1. The minimum Gasteiger partial charge on any atom is -0.497 e. The summed E-state index contributed by atoms with van der Waals surface area (Å²) in [6, 6.07) is 5.68. The second-order valence-electron chi connectivity index (χ2n) is 4.00. The van der Waals surface area contributed by atoms with E-state index in [0.717, 1.165) is 28.4 Å². The molecule has 0 aliphatic rings. The molecule has 2 aromatic rings. The highest BCUT2D eigenvalue weighted by molar-refractivity contribution is 7.99. The number of ketones is 1. The Morgan fingerprint density at radius 1 is 1.50 bits per heavy atom. The molecule has 0 atom stereocenters. The molecule has 2 rings (SSSR count). The Labute approximate surface area is 110 Å². The van der Waals surface area contributed by atoms with Crippen LogP contribution in [0.15, 0.2) is 23.4 Å². The SMILES string of the molecule is CCCC(=O)CSc1nc2ccc(OC)cc2[nH]1. The summed E-state index contributed by atoms with van der Waals surface area (Å²) in [5, 5.41) is 0.780. The molecule has 5 heteroatoms. The molecule has 1 heterocycles. The number of carbonyl (C=O) groups excluding carboxylic acids is 1. The summed E-state index contributed by atoms with van der Waals surface area (Å²) in [5.74, 6) is 1.54. The highest BCUT2D eigenvalue weighted by Crippen LogP contribution is 2.23. The van der Waals surface area contributed by atoms with Crippen LogP contribution in [-0.4, -0.2) is 28.6 Å². The monoisotopic (exact) mass is 264 g/mol. The summed E-state index contributed by atoms with van der Waals surface area (Å²) in [6.07, 6.45) is 1.54. The van der Waals surface area contributed by atoms with Gasteiger partial charge < -0.3 is 9.72 Å². The van der Waals surface area contributed by atoms with E-state index in [9.17, 15) is 4.79 Å². The van der Waals surface area contributed by atoms with Crippen molar-refractivity contribution in [1.29, 1.82) is 0 Å². The Morgan fingerprint density at radius 3 is 3.06 bits per heavy atom. The minimum absolute atomic E-state index is 0.264. The summed E-state index contributed by atoms with van der Waals surface area (Å²) < 4.78 is 5.15. The highest BCUT2D eigenvalue weighted by atomic mass is 32.2. The van der Waals surface area contributed by atoms with Crippen LogP contribution in [0.3, 0.4) is 0 Å². The van der Waals surface area contributed by atoms with E-state index in [4.69, 9.17) is 4.74 Å². The van der Waals surface area contributed by atoms with Crippen LogP contribution in [0.25, 0.3) is 11.0 Å². The van der Waals surface area contributed by atoms with Gasteiger partial charge in [0.2, 0.25) is 0 Å². The van der Waals surface area contributed by atoms with Crippen LogP contribution in [0.4, 0.5) is 0 Å². The first-order chi connectivity index (χ1) is 8.72. The standard InChI is InChI=1S/C13H16N2O2S/c1-3-4-9(16)8-18-13-14-11-6-5-10(17-2)7-12(11)15-13/h5-7H,3-4,8H2,1-2H3,(H,14,15). The molecule has 1 N–H and O–H groups in total. The zero-order valence-corrected chi connectivity index (χ0v) is 11.3. The fourth-order valence-electron chi connectivity index (χ4n) is 1.66. The number of aromatic amines is 1. The second kappa shape index (κ2) is 5.91. The number of hydrogen-bond donors (Lipinski definition) is 1. The lowest BCUT2D eigenvalue weighted by atomic mass is 10.3. The van der Waals surface area contributed by atoms with Crippen molar-refractivity contribution >= 4 is 28.6 Å². The van der Waals surface area contributed by atoms with E-state index in [0.29, 0.717) is 12.2 Å². The zero-order valence-electron chi connectivity index (χ0n) is 10.5. The summed E-state index contributed by atoms with van der Waals surface area (Å²) in [6.45, 7) is 2.01. The molecule has 0 unspecified atom stereocenters. The molecule has 96 valence electrons. The zero-order chi connectivity index (χ0) is 13.0. The summed E-state index contributed by atoms with van der Waals surface area (Å²) in [7, 11) is 1.64. The van der Waals surface area contributed by atoms with Gasteiger partial charge in [-0.15, -0.1) is 0 Å². The second-order valence-corrected chi connectivity index (χ2v) is 4.97. The molecule has 0 amide bonds. The van der Waals surface area contributed by atoms with E-state index >= 15 is 0 Å². The first kappa shape index (κ1) is 13.0. The lowest BCUT2D eigenvalue weighted by Gasteiger charge is -1.96. The third-order valence-electron chi connectivity index (χ3n) is 2.57. The quantitative estimate of drug-likeness (QED) is 0.815. The first-order valence-corrected chi connectivity index (χ1v) is 6.89. The number of benzene rings is 1. The predicted molar refractivity (Wildman–Crippen MR) is 73.3 cm³/mol. The van der Waals surface area contributed by atoms with E-state index < -0.39 is 0 Å². The molecular formula is C13H16N2O2S. The average Bonchev–Trinajstić information content (AvgIpc) is 2.78. The largest absolute Gasteiger partial charge is 0.497 e. The minimum atomic E-state index is 0.264. The van der Waals surface area contributed by atoms with Gasteiger partial charge in [0.25, 0.3) is 0 Å². The molecule has 0 aliphatic carbocycles. The normalized spacial score (nSPS) is 10.8. The molecule has 0 bridgehead atoms. The number of ether oxygens (including phenoxy) is 1. The number of nitrogens with zero attached hydrogens (tertiary/aromatic N) is 1. The topological polar surface area (TPSA) is 55.0 Å². The highest BCUT2D eigenvalue weighted by Gasteiger charge is 2.07. The van der Waals surface area contributed by atoms with E-state index in [2.05, 4.69) is 9.97 Å². The molecule has 18 heavy (non-hydrogen) atoms. The third-order valence-corrected chi connectivity index (χ3v) is 3.50. The van der Waals surface area contributed by atoms with Crippen molar-refractivity contribution in [2.75, 3.05) is 12.9 Å². The van der Waals surface area contributed by atoms with Crippen molar-refractivity contribution in [2.45, 2.75) is 24.9 Å². The number of aromatic nitrogens is 2. The van der Waals surface area contributed by atoms with Gasteiger partial charge in [0.15, 0.2) is 5.16 Å². The van der Waals surface area contributed by atoms with Crippen molar-refractivity contribution in [3.8, 4) is 5.75 Å². The van der Waals surface area contributed by atoms with Gasteiger partial charge in [0, 0.05) is 12.5 Å². The number of hydrogen-bond acceptors (Lipinski definition) is 4. The lowest BCUT2D eigenvalue weighted by molar-refractivity contribution is -0.116. The molecule has 1 aromatic carbocycles. The number of Topliss-reactive ketones (excluding diaryl/α,β-unsaturated/α-hetero) is 1. The number of carbonyl (C=O) groups is 1. The van der Waals surface area contributed by atoms with Gasteiger partial charge in [-0.2, -0.15) is 0 Å². The molecule has 0 saturated carbocycles. The van der Waals surface area contributed by atoms with Crippen molar-refractivity contribution in [3.05, 3.63) is 18.2 Å². The van der Waals surface area contributed by atoms with Gasteiger partial charge in [0.05, 0.1) is 23.9 Å². The van der Waals surface area contributed by atoms with E-state index in [1.54, 1.807) is 7.11 Å². The van der Waals surface area contributed by atoms with Gasteiger partial charge in [-0.05, 0) is 18.6 Å². The molecule has 0 spiro atoms. The van der Waals surface area contributed by atoms with Crippen LogP contribution >= 0.6 is 11.8 Å². The van der Waals surface area contributed by atoms with Crippen LogP contribution in [-0.2, 0) is 4.79 Å². The van der Waals surface area contributed by atoms with E-state index in [1.807, 2.05) is 25.1 Å². The Bertz CT molecular complexity index is 551. The summed E-state index contributed by atoms with van der Waals surface area (Å²) >= 11 is 1.45. The fraction of sp³-hybridized carbons (Fsp3) is 0.385. The van der Waals surface area contributed by atoms with Gasteiger partial charge in [-0.1, -0.05) is 18.7 Å². The summed E-state index contributed by atoms with van der Waals surface area (Å²) in [4.78, 5) is 19.1. The predicted octanol–water partition coefficient (Wildman–Crippen LogP) is 3.03. The number of imidazole rings is 1. The van der Waals surface area contributed by atoms with E-state index in [-0.39, 0.29) is 5.78 Å². The maximum atomic E-state index is 11.4. The molecule has 1 aromatic heterocycles. The number of rotatable bonds is 6. The Morgan fingerprint density at radius 2 is 2.33 bits per heavy atom. The fourth-order valence-corrected chi connectivity index (χ4v) is 2.45. The van der Waals surface area contributed by atoms with Crippen molar-refractivity contribution in [2.24, 2.45) is 0 Å². The van der Waals surface area contributed by atoms with Crippen molar-refractivity contribution in [3.63, 3.8) is 0 Å².